The van der Waals surface area contributed by atoms with Crippen molar-refractivity contribution in [3.8, 4) is 0 Å². The average Bonchev–Trinajstić information content (AvgIpc) is 1.94. The first-order chi connectivity index (χ1) is 6.52. The summed E-state index contributed by atoms with van der Waals surface area (Å²) in [6, 6.07) is 0. The Morgan fingerprint density at radius 2 is 1.67 bits per heavy atom. The van der Waals surface area contributed by atoms with Crippen molar-refractivity contribution in [2.45, 2.75) is 33.4 Å². The summed E-state index contributed by atoms with van der Waals surface area (Å²) in [4.78, 5) is 12.5. The molecule has 0 spiro atoms. The number of alkyl halides is 3. The number of nitrogens with zero attached hydrogens (tertiary/aromatic N) is 1. The monoisotopic (exact) mass is 225 g/mol. The first-order valence-electron chi connectivity index (χ1n) is 4.81. The second kappa shape index (κ2) is 4.96. The van der Waals surface area contributed by atoms with E-state index < -0.39 is 18.1 Å². The molecule has 0 aromatic rings. The molecular formula is C10H18F3NO. The lowest BCUT2D eigenvalue weighted by atomic mass is 9.89. The summed E-state index contributed by atoms with van der Waals surface area (Å²) in [5.41, 5.74) is -0.473. The van der Waals surface area contributed by atoms with Gasteiger partial charge in [0.15, 0.2) is 0 Å². The normalized spacial score (nSPS) is 13.3. The molecule has 0 amide bonds. The van der Waals surface area contributed by atoms with Gasteiger partial charge in [-0.1, -0.05) is 20.8 Å². The molecule has 0 N–H and O–H groups in total. The van der Waals surface area contributed by atoms with Crippen LogP contribution >= 0.6 is 0 Å². The van der Waals surface area contributed by atoms with Gasteiger partial charge in [-0.05, 0) is 7.05 Å². The molecule has 0 aliphatic carbocycles. The zero-order valence-corrected chi connectivity index (χ0v) is 9.61. The van der Waals surface area contributed by atoms with Gasteiger partial charge in [-0.2, -0.15) is 13.2 Å². The molecule has 0 heterocycles. The minimum absolute atomic E-state index is 0.0171. The van der Waals surface area contributed by atoms with E-state index in [9.17, 15) is 18.0 Å². The highest BCUT2D eigenvalue weighted by Gasteiger charge is 2.29. The average molecular weight is 225 g/mol. The third-order valence-corrected chi connectivity index (χ3v) is 2.01. The predicted octanol–water partition coefficient (Wildman–Crippen LogP) is 2.49. The van der Waals surface area contributed by atoms with Gasteiger partial charge in [0.25, 0.3) is 0 Å². The number of hydrogen-bond donors (Lipinski definition) is 0. The summed E-state index contributed by atoms with van der Waals surface area (Å²) in [6.07, 6.45) is -4.03. The van der Waals surface area contributed by atoms with Crippen molar-refractivity contribution in [1.82, 2.24) is 4.90 Å². The Bertz CT molecular complexity index is 218. The van der Waals surface area contributed by atoms with Crippen LogP contribution in [0.25, 0.3) is 0 Å². The summed E-state index contributed by atoms with van der Waals surface area (Å²) in [6.45, 7) is 4.47. The van der Waals surface area contributed by atoms with E-state index in [1.165, 1.54) is 7.05 Å². The predicted molar refractivity (Wildman–Crippen MR) is 52.6 cm³/mol. The topological polar surface area (TPSA) is 20.3 Å². The summed E-state index contributed by atoms with van der Waals surface area (Å²) in [5, 5.41) is 0. The number of hydrogen-bond acceptors (Lipinski definition) is 2. The van der Waals surface area contributed by atoms with Crippen molar-refractivity contribution in [1.29, 1.82) is 0 Å². The summed E-state index contributed by atoms with van der Waals surface area (Å²) in [5.74, 6) is -0.0171. The maximum atomic E-state index is 11.9. The highest BCUT2D eigenvalue weighted by atomic mass is 19.4. The molecule has 0 aromatic heterocycles. The van der Waals surface area contributed by atoms with Crippen LogP contribution in [0.2, 0.25) is 0 Å². The Balaban J connectivity index is 3.92. The van der Waals surface area contributed by atoms with Crippen molar-refractivity contribution >= 4 is 5.78 Å². The minimum Gasteiger partial charge on any atom is -0.299 e. The maximum absolute atomic E-state index is 11.9. The van der Waals surface area contributed by atoms with Gasteiger partial charge in [0.1, 0.15) is 5.78 Å². The minimum atomic E-state index is -4.19. The van der Waals surface area contributed by atoms with Gasteiger partial charge >= 0.3 is 6.18 Å². The Hall–Kier alpha value is -0.580. The summed E-state index contributed by atoms with van der Waals surface area (Å²) >= 11 is 0. The second-order valence-corrected chi connectivity index (χ2v) is 4.78. The molecule has 0 bridgehead atoms. The smallest absolute Gasteiger partial charge is 0.299 e. The van der Waals surface area contributed by atoms with Gasteiger partial charge in [-0.15, -0.1) is 0 Å². The van der Waals surface area contributed by atoms with Gasteiger partial charge in [-0.25, -0.2) is 0 Å². The van der Waals surface area contributed by atoms with Gasteiger partial charge in [0.2, 0.25) is 0 Å². The van der Waals surface area contributed by atoms with E-state index in [4.69, 9.17) is 0 Å². The van der Waals surface area contributed by atoms with Crippen LogP contribution < -0.4 is 0 Å². The van der Waals surface area contributed by atoms with E-state index in [1.54, 1.807) is 20.8 Å². The van der Waals surface area contributed by atoms with Crippen molar-refractivity contribution in [2.75, 3.05) is 20.1 Å². The highest BCUT2D eigenvalue weighted by molar-refractivity contribution is 5.83. The van der Waals surface area contributed by atoms with E-state index in [0.717, 1.165) is 4.90 Å². The molecule has 0 aliphatic rings. The molecule has 0 atom stereocenters. The Labute approximate surface area is 88.4 Å². The molecule has 0 radical (unpaired) electrons. The highest BCUT2D eigenvalue weighted by Crippen LogP contribution is 2.18. The van der Waals surface area contributed by atoms with Crippen LogP contribution in [0.3, 0.4) is 0 Å². The Morgan fingerprint density at radius 1 is 1.20 bits per heavy atom. The molecule has 0 fully saturated rings. The molecule has 5 heteroatoms. The summed E-state index contributed by atoms with van der Waals surface area (Å²) in [7, 11) is 1.36. The first kappa shape index (κ1) is 14.4. The van der Waals surface area contributed by atoms with Crippen molar-refractivity contribution in [3.63, 3.8) is 0 Å². The molecule has 15 heavy (non-hydrogen) atoms. The van der Waals surface area contributed by atoms with Gasteiger partial charge < -0.3 is 0 Å². The molecule has 0 aromatic carbocycles. The maximum Gasteiger partial charge on any atom is 0.401 e. The van der Waals surface area contributed by atoms with Crippen LogP contribution in [-0.2, 0) is 4.79 Å². The zero-order valence-electron chi connectivity index (χ0n) is 9.61. The molecular weight excluding hydrogens is 207 g/mol. The standard InChI is InChI=1S/C10H18F3NO/c1-9(2,3)8(15)5-6-14(4)7-10(11,12)13/h5-7H2,1-4H3. The van der Waals surface area contributed by atoms with Crippen LogP contribution in [0.1, 0.15) is 27.2 Å². The third-order valence-electron chi connectivity index (χ3n) is 2.01. The Kier molecular flexibility index (Phi) is 4.77. The van der Waals surface area contributed by atoms with Crippen molar-refractivity contribution in [2.24, 2.45) is 5.41 Å². The molecule has 0 saturated carbocycles. The van der Waals surface area contributed by atoms with Gasteiger partial charge in [0.05, 0.1) is 6.54 Å². The summed E-state index contributed by atoms with van der Waals surface area (Å²) < 4.78 is 35.8. The lowest BCUT2D eigenvalue weighted by molar-refractivity contribution is -0.144. The Morgan fingerprint density at radius 3 is 2.00 bits per heavy atom. The van der Waals surface area contributed by atoms with Crippen LogP contribution in [0.4, 0.5) is 13.2 Å². The second-order valence-electron chi connectivity index (χ2n) is 4.78. The molecule has 0 aliphatic heterocycles. The third kappa shape index (κ3) is 7.36. The van der Waals surface area contributed by atoms with E-state index in [-0.39, 0.29) is 18.7 Å². The number of halogens is 3. The number of ketones is 1. The fourth-order valence-electron chi connectivity index (χ4n) is 1.05. The SMILES string of the molecule is CN(CCC(=O)C(C)(C)C)CC(F)(F)F. The lowest BCUT2D eigenvalue weighted by Crippen LogP contribution is -2.34. The van der Waals surface area contributed by atoms with Crippen molar-refractivity contribution in [3.05, 3.63) is 0 Å². The molecule has 0 saturated heterocycles. The van der Waals surface area contributed by atoms with E-state index >= 15 is 0 Å². The van der Waals surface area contributed by atoms with Crippen LogP contribution in [0.5, 0.6) is 0 Å². The molecule has 0 rings (SSSR count). The quantitative estimate of drug-likeness (QED) is 0.732. The molecule has 90 valence electrons. The first-order valence-corrected chi connectivity index (χ1v) is 4.81. The number of Topliss-reactive ketones (excluding diaryl/α,β-unsaturated/α-hetero) is 1. The van der Waals surface area contributed by atoms with Crippen molar-refractivity contribution < 1.29 is 18.0 Å². The van der Waals surface area contributed by atoms with E-state index in [1.807, 2.05) is 0 Å². The van der Waals surface area contributed by atoms with Crippen LogP contribution in [0.15, 0.2) is 0 Å². The number of carbonyl (C=O) groups is 1. The van der Waals surface area contributed by atoms with Crippen LogP contribution in [0, 0.1) is 5.41 Å². The molecule has 2 nitrogen and oxygen atoms in total. The fraction of sp³-hybridized carbons (Fsp3) is 0.900. The van der Waals surface area contributed by atoms with Crippen LogP contribution in [-0.4, -0.2) is 37.0 Å². The zero-order chi connectivity index (χ0) is 12.3. The lowest BCUT2D eigenvalue weighted by Gasteiger charge is -2.21. The van der Waals surface area contributed by atoms with E-state index in [0.29, 0.717) is 0 Å². The van der Waals surface area contributed by atoms with Gasteiger partial charge in [-0.3, -0.25) is 9.69 Å². The van der Waals surface area contributed by atoms with E-state index in [2.05, 4.69) is 0 Å². The largest absolute Gasteiger partial charge is 0.401 e. The van der Waals surface area contributed by atoms with Gasteiger partial charge in [0, 0.05) is 18.4 Å². The number of rotatable bonds is 4. The fourth-order valence-corrected chi connectivity index (χ4v) is 1.05. The number of carbonyl (C=O) groups excluding carboxylic acids is 1. The molecule has 0 unspecified atom stereocenters.